The Morgan fingerprint density at radius 2 is 1.97 bits per heavy atom. The number of methoxy groups -OCH3 is 1. The molecule has 0 atom stereocenters. The number of para-hydroxylation sites is 2. The largest absolute Gasteiger partial charge is 0.495 e. The summed E-state index contributed by atoms with van der Waals surface area (Å²) in [6, 6.07) is 15.5. The van der Waals surface area contributed by atoms with Gasteiger partial charge >= 0.3 is 0 Å². The van der Waals surface area contributed by atoms with Crippen molar-refractivity contribution in [2.45, 2.75) is 58.0 Å². The number of anilines is 2. The second kappa shape index (κ2) is 9.69. The highest BCUT2D eigenvalue weighted by atomic mass is 32.1. The van der Waals surface area contributed by atoms with Gasteiger partial charge in [-0.05, 0) is 74.2 Å². The molecule has 1 aliphatic heterocycles. The summed E-state index contributed by atoms with van der Waals surface area (Å²) in [5.74, 6) is 0.819. The fraction of sp³-hybridized carbons (Fsp3) is 0.480. The number of thiocarbonyl (C=S) groups is 1. The van der Waals surface area contributed by atoms with E-state index >= 15 is 0 Å². The number of rotatable bonds is 6. The summed E-state index contributed by atoms with van der Waals surface area (Å²) in [6.07, 6.45) is 7.41. The van der Waals surface area contributed by atoms with Gasteiger partial charge < -0.3 is 19.9 Å². The van der Waals surface area contributed by atoms with Crippen LogP contribution in [0.4, 0.5) is 11.4 Å². The fourth-order valence-corrected chi connectivity index (χ4v) is 5.19. The van der Waals surface area contributed by atoms with Gasteiger partial charge in [0.15, 0.2) is 5.11 Å². The van der Waals surface area contributed by atoms with Gasteiger partial charge in [0, 0.05) is 31.4 Å². The smallest absolute Gasteiger partial charge is 0.174 e. The maximum absolute atomic E-state index is 5.91. The van der Waals surface area contributed by atoms with Crippen LogP contribution in [0.5, 0.6) is 5.75 Å². The van der Waals surface area contributed by atoms with Gasteiger partial charge in [0.2, 0.25) is 0 Å². The molecule has 5 heteroatoms. The Kier molecular flexibility index (Phi) is 6.78. The molecule has 160 valence electrons. The molecule has 0 radical (unpaired) electrons. The highest BCUT2D eigenvalue weighted by Gasteiger charge is 2.26. The van der Waals surface area contributed by atoms with Gasteiger partial charge in [-0.1, -0.05) is 37.1 Å². The Morgan fingerprint density at radius 1 is 1.17 bits per heavy atom. The van der Waals surface area contributed by atoms with E-state index in [4.69, 9.17) is 17.0 Å². The van der Waals surface area contributed by atoms with Crippen molar-refractivity contribution >= 4 is 28.7 Å². The van der Waals surface area contributed by atoms with Crippen LogP contribution >= 0.6 is 12.2 Å². The van der Waals surface area contributed by atoms with Gasteiger partial charge in [0.05, 0.1) is 12.8 Å². The summed E-state index contributed by atoms with van der Waals surface area (Å²) in [7, 11) is 1.70. The predicted octanol–water partition coefficient (Wildman–Crippen LogP) is 5.61. The molecule has 30 heavy (non-hydrogen) atoms. The van der Waals surface area contributed by atoms with Crippen LogP contribution in [0.3, 0.4) is 0 Å². The molecular formula is C25H33N3OS. The van der Waals surface area contributed by atoms with Crippen molar-refractivity contribution < 1.29 is 4.74 Å². The molecule has 1 saturated carbocycles. The van der Waals surface area contributed by atoms with Gasteiger partial charge in [-0.15, -0.1) is 0 Å². The Labute approximate surface area is 186 Å². The lowest BCUT2D eigenvalue weighted by Crippen LogP contribution is -2.41. The van der Waals surface area contributed by atoms with E-state index < -0.39 is 0 Å². The molecule has 2 aliphatic rings. The molecule has 0 bridgehead atoms. The molecule has 4 rings (SSSR count). The normalized spacial score (nSPS) is 16.3. The fourth-order valence-electron chi connectivity index (χ4n) is 4.87. The minimum atomic E-state index is 0.503. The molecule has 4 nitrogen and oxygen atoms in total. The molecule has 0 spiro atoms. The van der Waals surface area contributed by atoms with E-state index in [1.807, 2.05) is 24.3 Å². The Balaban J connectivity index is 1.55. The quantitative estimate of drug-likeness (QED) is 0.610. The minimum absolute atomic E-state index is 0.503. The third-order valence-corrected chi connectivity index (χ3v) is 6.80. The number of nitrogens with zero attached hydrogens (tertiary/aromatic N) is 2. The standard InChI is InChI=1S/C25H33N3OS/c1-3-27-16-8-9-20-17-19(14-15-23(20)27)18-28(21-10-4-5-11-21)25(30)26-22-12-6-7-13-24(22)29-2/h6-7,12-15,17,21H,3-5,8-11,16,18H2,1-2H3,(H,26,30). The molecule has 2 aromatic rings. The first kappa shape index (κ1) is 21.0. The lowest BCUT2D eigenvalue weighted by atomic mass is 9.99. The molecule has 1 heterocycles. The molecule has 1 fully saturated rings. The Hall–Kier alpha value is -2.27. The lowest BCUT2D eigenvalue weighted by Gasteiger charge is -2.33. The minimum Gasteiger partial charge on any atom is -0.495 e. The van der Waals surface area contributed by atoms with E-state index in [0.717, 1.165) is 29.6 Å². The zero-order valence-corrected chi connectivity index (χ0v) is 19.0. The van der Waals surface area contributed by atoms with Crippen LogP contribution in [0, 0.1) is 0 Å². The number of aryl methyl sites for hydroxylation is 1. The Morgan fingerprint density at radius 3 is 2.73 bits per heavy atom. The highest BCUT2D eigenvalue weighted by molar-refractivity contribution is 7.80. The van der Waals surface area contributed by atoms with Crippen LogP contribution in [0.25, 0.3) is 0 Å². The zero-order chi connectivity index (χ0) is 20.9. The SMILES string of the molecule is CCN1CCCc2cc(CN(C(=S)Nc3ccccc3OC)C3CCCC3)ccc21. The van der Waals surface area contributed by atoms with Crippen LogP contribution in [0.2, 0.25) is 0 Å². The first-order chi connectivity index (χ1) is 14.7. The molecule has 2 aromatic carbocycles. The van der Waals surface area contributed by atoms with Gasteiger partial charge in [0.25, 0.3) is 0 Å². The lowest BCUT2D eigenvalue weighted by molar-refractivity contribution is 0.312. The van der Waals surface area contributed by atoms with E-state index in [-0.39, 0.29) is 0 Å². The monoisotopic (exact) mass is 423 g/mol. The van der Waals surface area contributed by atoms with E-state index in [1.165, 1.54) is 61.9 Å². The number of hydrogen-bond donors (Lipinski definition) is 1. The molecule has 1 N–H and O–H groups in total. The maximum atomic E-state index is 5.91. The number of ether oxygens (including phenoxy) is 1. The molecule has 0 unspecified atom stereocenters. The zero-order valence-electron chi connectivity index (χ0n) is 18.2. The number of nitrogens with one attached hydrogen (secondary N) is 1. The van der Waals surface area contributed by atoms with Crippen molar-refractivity contribution in [3.05, 3.63) is 53.6 Å². The number of hydrogen-bond acceptors (Lipinski definition) is 3. The summed E-state index contributed by atoms with van der Waals surface area (Å²) in [4.78, 5) is 4.89. The molecule has 0 aromatic heterocycles. The predicted molar refractivity (Wildman–Crippen MR) is 130 cm³/mol. The third-order valence-electron chi connectivity index (χ3n) is 6.47. The van der Waals surface area contributed by atoms with Gasteiger partial charge in [-0.3, -0.25) is 0 Å². The first-order valence-electron chi connectivity index (χ1n) is 11.3. The Bertz CT molecular complexity index is 878. The van der Waals surface area contributed by atoms with Crippen LogP contribution in [0.1, 0.15) is 50.2 Å². The average Bonchev–Trinajstić information content (AvgIpc) is 3.31. The van der Waals surface area contributed by atoms with Crippen molar-refractivity contribution in [3.63, 3.8) is 0 Å². The maximum Gasteiger partial charge on any atom is 0.174 e. The second-order valence-electron chi connectivity index (χ2n) is 8.34. The highest BCUT2D eigenvalue weighted by Crippen LogP contribution is 2.31. The van der Waals surface area contributed by atoms with Crippen molar-refractivity contribution in [1.29, 1.82) is 0 Å². The van der Waals surface area contributed by atoms with Gasteiger partial charge in [-0.2, -0.15) is 0 Å². The number of fused-ring (bicyclic) bond motifs is 1. The molecule has 0 saturated heterocycles. The average molecular weight is 424 g/mol. The van der Waals surface area contributed by atoms with Crippen molar-refractivity contribution in [2.75, 3.05) is 30.4 Å². The van der Waals surface area contributed by atoms with Crippen LogP contribution < -0.4 is 15.0 Å². The van der Waals surface area contributed by atoms with Crippen molar-refractivity contribution in [3.8, 4) is 5.75 Å². The summed E-state index contributed by atoms with van der Waals surface area (Å²) in [6.45, 7) is 5.34. The summed E-state index contributed by atoms with van der Waals surface area (Å²) < 4.78 is 5.51. The van der Waals surface area contributed by atoms with Gasteiger partial charge in [-0.25, -0.2) is 0 Å². The van der Waals surface area contributed by atoms with Crippen LogP contribution in [0.15, 0.2) is 42.5 Å². The van der Waals surface area contributed by atoms with Gasteiger partial charge in [0.1, 0.15) is 5.75 Å². The first-order valence-corrected chi connectivity index (χ1v) is 11.7. The van der Waals surface area contributed by atoms with Crippen molar-refractivity contribution in [1.82, 2.24) is 4.90 Å². The summed E-state index contributed by atoms with van der Waals surface area (Å²) in [5, 5.41) is 4.25. The topological polar surface area (TPSA) is 27.7 Å². The summed E-state index contributed by atoms with van der Waals surface area (Å²) >= 11 is 5.91. The third kappa shape index (κ3) is 4.56. The van der Waals surface area contributed by atoms with Crippen molar-refractivity contribution in [2.24, 2.45) is 0 Å². The molecule has 1 aliphatic carbocycles. The van der Waals surface area contributed by atoms with E-state index in [0.29, 0.717) is 6.04 Å². The van der Waals surface area contributed by atoms with Crippen LogP contribution in [-0.4, -0.2) is 36.3 Å². The van der Waals surface area contributed by atoms with E-state index in [2.05, 4.69) is 40.2 Å². The number of benzene rings is 2. The second-order valence-corrected chi connectivity index (χ2v) is 8.73. The van der Waals surface area contributed by atoms with Crippen LogP contribution in [-0.2, 0) is 13.0 Å². The molecule has 0 amide bonds. The van der Waals surface area contributed by atoms with E-state index in [1.54, 1.807) is 7.11 Å². The van der Waals surface area contributed by atoms with E-state index in [9.17, 15) is 0 Å². The molecular weight excluding hydrogens is 390 g/mol. The summed E-state index contributed by atoms with van der Waals surface area (Å²) in [5.41, 5.74) is 5.17.